The van der Waals surface area contributed by atoms with Gasteiger partial charge in [0.25, 0.3) is 0 Å². The molecule has 1 aliphatic carbocycles. The number of benzene rings is 1. The topological polar surface area (TPSA) is 66.9 Å². The molecule has 1 saturated heterocycles. The molecule has 2 aliphatic rings. The van der Waals surface area contributed by atoms with Gasteiger partial charge in [0.05, 0.1) is 0 Å². The Bertz CT molecular complexity index is 647. The third-order valence-electron chi connectivity index (χ3n) is 6.65. The minimum atomic E-state index is 0. The Morgan fingerprint density at radius 2 is 1.88 bits per heavy atom. The number of rotatable bonds is 11. The lowest BCUT2D eigenvalue weighted by molar-refractivity contribution is 0.0203. The first-order valence-electron chi connectivity index (χ1n) is 12.1. The molecule has 1 heterocycles. The van der Waals surface area contributed by atoms with Gasteiger partial charge in [-0.15, -0.1) is 24.0 Å². The molecule has 1 aromatic rings. The Morgan fingerprint density at radius 3 is 2.56 bits per heavy atom. The first-order chi connectivity index (χ1) is 15.2. The molecule has 0 spiro atoms. The standard InChI is InChI=1S/C25H42N4O2.HI/c1-21(23-9-4-3-5-10-23)29-25(13-6-7-14-25)20-28-24(26-2)27-15-8-16-31-19-22-11-17-30-18-12-22;/h3-5,9-10,21-22,29H,6-8,11-20H2,1-2H3,(H2,26,27,28);1H. The first kappa shape index (κ1) is 27.3. The van der Waals surface area contributed by atoms with Crippen LogP contribution < -0.4 is 16.0 Å². The molecule has 0 amide bonds. The second-order valence-corrected chi connectivity index (χ2v) is 9.10. The van der Waals surface area contributed by atoms with Crippen molar-refractivity contribution in [2.75, 3.05) is 46.6 Å². The van der Waals surface area contributed by atoms with E-state index in [-0.39, 0.29) is 29.5 Å². The summed E-state index contributed by atoms with van der Waals surface area (Å²) in [7, 11) is 1.85. The summed E-state index contributed by atoms with van der Waals surface area (Å²) in [4.78, 5) is 4.42. The van der Waals surface area contributed by atoms with Crippen molar-refractivity contribution in [1.82, 2.24) is 16.0 Å². The lowest BCUT2D eigenvalue weighted by Gasteiger charge is -2.35. The monoisotopic (exact) mass is 558 g/mol. The van der Waals surface area contributed by atoms with Gasteiger partial charge in [0.1, 0.15) is 0 Å². The molecule has 7 heteroatoms. The van der Waals surface area contributed by atoms with Crippen molar-refractivity contribution in [1.29, 1.82) is 0 Å². The Kier molecular flexibility index (Phi) is 12.9. The average molecular weight is 559 g/mol. The van der Waals surface area contributed by atoms with E-state index in [1.165, 1.54) is 31.2 Å². The van der Waals surface area contributed by atoms with Crippen LogP contribution in [-0.2, 0) is 9.47 Å². The zero-order valence-electron chi connectivity index (χ0n) is 19.9. The Labute approximate surface area is 211 Å². The predicted molar refractivity (Wildman–Crippen MR) is 143 cm³/mol. The molecule has 0 bridgehead atoms. The molecule has 1 saturated carbocycles. The number of hydrogen-bond donors (Lipinski definition) is 3. The Hall–Kier alpha value is -0.900. The predicted octanol–water partition coefficient (Wildman–Crippen LogP) is 4.27. The van der Waals surface area contributed by atoms with Crippen molar-refractivity contribution in [3.05, 3.63) is 35.9 Å². The van der Waals surface area contributed by atoms with Crippen molar-refractivity contribution in [3.8, 4) is 0 Å². The van der Waals surface area contributed by atoms with Crippen molar-refractivity contribution in [2.45, 2.75) is 63.5 Å². The molecular formula is C25H43IN4O2. The van der Waals surface area contributed by atoms with E-state index in [1.807, 2.05) is 7.05 Å². The van der Waals surface area contributed by atoms with Crippen molar-refractivity contribution in [3.63, 3.8) is 0 Å². The summed E-state index contributed by atoms with van der Waals surface area (Å²) in [5, 5.41) is 10.9. The maximum atomic E-state index is 5.87. The van der Waals surface area contributed by atoms with E-state index in [2.05, 4.69) is 58.2 Å². The highest BCUT2D eigenvalue weighted by atomic mass is 127. The van der Waals surface area contributed by atoms with Gasteiger partial charge in [0.2, 0.25) is 0 Å². The fourth-order valence-electron chi connectivity index (χ4n) is 4.73. The van der Waals surface area contributed by atoms with Crippen LogP contribution in [-0.4, -0.2) is 58.1 Å². The number of nitrogens with zero attached hydrogens (tertiary/aromatic N) is 1. The van der Waals surface area contributed by atoms with E-state index in [4.69, 9.17) is 9.47 Å². The van der Waals surface area contributed by atoms with Crippen LogP contribution >= 0.6 is 24.0 Å². The molecule has 3 rings (SSSR count). The first-order valence-corrected chi connectivity index (χ1v) is 12.1. The zero-order chi connectivity index (χ0) is 21.8. The second-order valence-electron chi connectivity index (χ2n) is 9.10. The minimum absolute atomic E-state index is 0. The second kappa shape index (κ2) is 15.1. The van der Waals surface area contributed by atoms with Gasteiger partial charge in [-0.3, -0.25) is 4.99 Å². The van der Waals surface area contributed by atoms with E-state index in [1.54, 1.807) is 0 Å². The minimum Gasteiger partial charge on any atom is -0.381 e. The molecule has 2 fully saturated rings. The van der Waals surface area contributed by atoms with Crippen LogP contribution in [0.5, 0.6) is 0 Å². The molecule has 1 atom stereocenters. The molecule has 32 heavy (non-hydrogen) atoms. The van der Waals surface area contributed by atoms with Gasteiger partial charge >= 0.3 is 0 Å². The van der Waals surface area contributed by atoms with E-state index in [0.717, 1.165) is 64.7 Å². The number of aliphatic imine (C=N–C) groups is 1. The number of guanidine groups is 1. The van der Waals surface area contributed by atoms with Crippen LogP contribution in [0.15, 0.2) is 35.3 Å². The fraction of sp³-hybridized carbons (Fsp3) is 0.720. The maximum absolute atomic E-state index is 5.87. The van der Waals surface area contributed by atoms with Crippen molar-refractivity contribution in [2.24, 2.45) is 10.9 Å². The van der Waals surface area contributed by atoms with Gasteiger partial charge < -0.3 is 25.4 Å². The van der Waals surface area contributed by atoms with Crippen LogP contribution in [0.2, 0.25) is 0 Å². The fourth-order valence-corrected chi connectivity index (χ4v) is 4.73. The molecule has 1 unspecified atom stereocenters. The highest BCUT2D eigenvalue weighted by molar-refractivity contribution is 14.0. The van der Waals surface area contributed by atoms with E-state index < -0.39 is 0 Å². The SMILES string of the molecule is CN=C(NCCCOCC1CCOCC1)NCC1(NC(C)c2ccccc2)CCCC1.I. The maximum Gasteiger partial charge on any atom is 0.191 e. The number of halogens is 1. The molecule has 1 aromatic carbocycles. The lowest BCUT2D eigenvalue weighted by atomic mass is 9.94. The van der Waals surface area contributed by atoms with Crippen LogP contribution in [0.3, 0.4) is 0 Å². The largest absolute Gasteiger partial charge is 0.381 e. The zero-order valence-corrected chi connectivity index (χ0v) is 22.2. The Morgan fingerprint density at radius 1 is 1.16 bits per heavy atom. The number of ether oxygens (including phenoxy) is 2. The summed E-state index contributed by atoms with van der Waals surface area (Å²) in [6, 6.07) is 11.1. The van der Waals surface area contributed by atoms with Gasteiger partial charge in [-0.05, 0) is 50.5 Å². The average Bonchev–Trinajstić information content (AvgIpc) is 3.28. The van der Waals surface area contributed by atoms with Gasteiger partial charge in [0, 0.05) is 58.1 Å². The molecule has 6 nitrogen and oxygen atoms in total. The van der Waals surface area contributed by atoms with Gasteiger partial charge in [-0.2, -0.15) is 0 Å². The Balaban J connectivity index is 0.00000363. The van der Waals surface area contributed by atoms with E-state index in [0.29, 0.717) is 12.0 Å². The highest BCUT2D eigenvalue weighted by Crippen LogP contribution is 2.31. The summed E-state index contributed by atoms with van der Waals surface area (Å²) in [6.07, 6.45) is 8.22. The van der Waals surface area contributed by atoms with Crippen LogP contribution in [0, 0.1) is 5.92 Å². The summed E-state index contributed by atoms with van der Waals surface area (Å²) >= 11 is 0. The van der Waals surface area contributed by atoms with Crippen LogP contribution in [0.1, 0.15) is 63.5 Å². The van der Waals surface area contributed by atoms with Gasteiger partial charge in [0.15, 0.2) is 5.96 Å². The molecule has 182 valence electrons. The van der Waals surface area contributed by atoms with E-state index >= 15 is 0 Å². The molecule has 1 aliphatic heterocycles. The van der Waals surface area contributed by atoms with Gasteiger partial charge in [-0.25, -0.2) is 0 Å². The number of hydrogen-bond acceptors (Lipinski definition) is 4. The smallest absolute Gasteiger partial charge is 0.191 e. The molecular weight excluding hydrogens is 515 g/mol. The summed E-state index contributed by atoms with van der Waals surface area (Å²) < 4.78 is 11.3. The third kappa shape index (κ3) is 9.15. The van der Waals surface area contributed by atoms with Gasteiger partial charge in [-0.1, -0.05) is 43.2 Å². The van der Waals surface area contributed by atoms with E-state index in [9.17, 15) is 0 Å². The number of nitrogens with one attached hydrogen (secondary N) is 3. The summed E-state index contributed by atoms with van der Waals surface area (Å²) in [5.74, 6) is 1.55. The van der Waals surface area contributed by atoms with Crippen LogP contribution in [0.25, 0.3) is 0 Å². The molecule has 0 aromatic heterocycles. The normalized spacial score (nSPS) is 19.9. The summed E-state index contributed by atoms with van der Waals surface area (Å²) in [5.41, 5.74) is 1.47. The molecule has 3 N–H and O–H groups in total. The highest BCUT2D eigenvalue weighted by Gasteiger charge is 2.35. The summed E-state index contributed by atoms with van der Waals surface area (Å²) in [6.45, 7) is 7.46. The van der Waals surface area contributed by atoms with Crippen LogP contribution in [0.4, 0.5) is 0 Å². The molecule has 0 radical (unpaired) electrons. The van der Waals surface area contributed by atoms with Crippen molar-refractivity contribution < 1.29 is 9.47 Å². The van der Waals surface area contributed by atoms with Crippen molar-refractivity contribution >= 4 is 29.9 Å². The third-order valence-corrected chi connectivity index (χ3v) is 6.65. The lowest BCUT2D eigenvalue weighted by Crippen LogP contribution is -2.54. The quantitative estimate of drug-likeness (QED) is 0.164.